The fourth-order valence-corrected chi connectivity index (χ4v) is 2.07. The zero-order valence-corrected chi connectivity index (χ0v) is 12.4. The Morgan fingerprint density at radius 3 is 2.83 bits per heavy atom. The third-order valence-electron chi connectivity index (χ3n) is 3.10. The first-order valence-corrected chi connectivity index (χ1v) is 7.21. The number of rotatable bonds is 5. The number of hydrogen-bond donors (Lipinski definition) is 1. The Morgan fingerprint density at radius 1 is 1.13 bits per heavy atom. The molecule has 118 valence electrons. The number of hydrazone groups is 1. The monoisotopic (exact) mass is 312 g/mol. The molecule has 23 heavy (non-hydrogen) atoms. The summed E-state index contributed by atoms with van der Waals surface area (Å²) in [6.45, 7) is 0.921. The van der Waals surface area contributed by atoms with Gasteiger partial charge in [0.15, 0.2) is 18.1 Å². The maximum absolute atomic E-state index is 11.7. The number of nitrogens with one attached hydrogen (secondary N) is 1. The van der Waals surface area contributed by atoms with Crippen molar-refractivity contribution in [3.63, 3.8) is 0 Å². The van der Waals surface area contributed by atoms with Gasteiger partial charge < -0.3 is 14.2 Å². The van der Waals surface area contributed by atoms with Crippen molar-refractivity contribution in [1.82, 2.24) is 5.43 Å². The number of nitrogens with zero attached hydrogens (tertiary/aromatic N) is 1. The van der Waals surface area contributed by atoms with Gasteiger partial charge in [-0.25, -0.2) is 5.43 Å². The van der Waals surface area contributed by atoms with Crippen molar-refractivity contribution in [3.8, 4) is 17.2 Å². The van der Waals surface area contributed by atoms with E-state index in [1.165, 1.54) is 6.21 Å². The highest BCUT2D eigenvalue weighted by Crippen LogP contribution is 2.32. The molecule has 0 atom stereocenters. The van der Waals surface area contributed by atoms with E-state index in [-0.39, 0.29) is 12.5 Å². The molecule has 1 N–H and O–H groups in total. The smallest absolute Gasteiger partial charge is 0.277 e. The predicted octanol–water partition coefficient (Wildman–Crippen LogP) is 1.99. The quantitative estimate of drug-likeness (QED) is 0.677. The lowest BCUT2D eigenvalue weighted by atomic mass is 10.2. The molecule has 0 aromatic heterocycles. The van der Waals surface area contributed by atoms with Gasteiger partial charge in [0.25, 0.3) is 5.91 Å². The fraction of sp³-hybridized carbons (Fsp3) is 0.176. The van der Waals surface area contributed by atoms with Crippen molar-refractivity contribution >= 4 is 12.1 Å². The summed E-state index contributed by atoms with van der Waals surface area (Å²) in [5.74, 6) is 1.61. The third-order valence-corrected chi connectivity index (χ3v) is 3.10. The highest BCUT2D eigenvalue weighted by molar-refractivity contribution is 5.86. The third kappa shape index (κ3) is 4.00. The summed E-state index contributed by atoms with van der Waals surface area (Å²) in [6, 6.07) is 14.6. The zero-order chi connectivity index (χ0) is 15.9. The van der Waals surface area contributed by atoms with Crippen molar-refractivity contribution in [2.75, 3.05) is 19.8 Å². The molecule has 0 fully saturated rings. The largest absolute Gasteiger partial charge is 0.486 e. The van der Waals surface area contributed by atoms with Crippen molar-refractivity contribution in [2.45, 2.75) is 0 Å². The number of ether oxygens (including phenoxy) is 3. The summed E-state index contributed by atoms with van der Waals surface area (Å²) < 4.78 is 16.4. The van der Waals surface area contributed by atoms with E-state index in [9.17, 15) is 4.79 Å². The molecule has 2 aromatic carbocycles. The van der Waals surface area contributed by atoms with Crippen LogP contribution in [0, 0.1) is 0 Å². The topological polar surface area (TPSA) is 69.2 Å². The van der Waals surface area contributed by atoms with Crippen LogP contribution >= 0.6 is 0 Å². The number of benzene rings is 2. The van der Waals surface area contributed by atoms with Gasteiger partial charge in [0, 0.05) is 5.56 Å². The molecule has 1 aliphatic rings. The lowest BCUT2D eigenvalue weighted by molar-refractivity contribution is -0.123. The van der Waals surface area contributed by atoms with Gasteiger partial charge >= 0.3 is 0 Å². The number of carbonyl (C=O) groups is 1. The van der Waals surface area contributed by atoms with Gasteiger partial charge in [-0.2, -0.15) is 5.10 Å². The Morgan fingerprint density at radius 2 is 1.96 bits per heavy atom. The van der Waals surface area contributed by atoms with Gasteiger partial charge in [-0.15, -0.1) is 0 Å². The van der Waals surface area contributed by atoms with Crippen molar-refractivity contribution in [1.29, 1.82) is 0 Å². The van der Waals surface area contributed by atoms with Crippen LogP contribution in [0.2, 0.25) is 0 Å². The molecule has 0 unspecified atom stereocenters. The number of hydrogen-bond acceptors (Lipinski definition) is 5. The highest BCUT2D eigenvalue weighted by Gasteiger charge is 2.14. The van der Waals surface area contributed by atoms with Crippen LogP contribution in [0.3, 0.4) is 0 Å². The molecular weight excluding hydrogens is 296 g/mol. The molecule has 0 aliphatic carbocycles. The molecule has 2 aromatic rings. The lowest BCUT2D eigenvalue weighted by Gasteiger charge is -2.19. The van der Waals surface area contributed by atoms with Crippen LogP contribution in [0.25, 0.3) is 0 Å². The van der Waals surface area contributed by atoms with Crippen LogP contribution < -0.4 is 19.6 Å². The van der Waals surface area contributed by atoms with E-state index in [1.807, 2.05) is 36.4 Å². The minimum absolute atomic E-state index is 0.103. The Bertz CT molecular complexity index is 701. The first kappa shape index (κ1) is 14.9. The van der Waals surface area contributed by atoms with Crippen molar-refractivity contribution in [3.05, 3.63) is 54.1 Å². The number of fused-ring (bicyclic) bond motifs is 1. The molecule has 0 spiro atoms. The number of amides is 1. The van der Waals surface area contributed by atoms with E-state index in [0.29, 0.717) is 30.5 Å². The molecule has 1 aliphatic heterocycles. The average Bonchev–Trinajstić information content (AvgIpc) is 2.61. The Labute approximate surface area is 133 Å². The molecule has 6 heteroatoms. The van der Waals surface area contributed by atoms with Gasteiger partial charge in [0.2, 0.25) is 0 Å². The summed E-state index contributed by atoms with van der Waals surface area (Å²) >= 11 is 0. The Hall–Kier alpha value is -3.02. The molecule has 0 radical (unpaired) electrons. The molecule has 6 nitrogen and oxygen atoms in total. The van der Waals surface area contributed by atoms with Crippen LogP contribution in [-0.2, 0) is 4.79 Å². The summed E-state index contributed by atoms with van der Waals surface area (Å²) in [5, 5.41) is 3.92. The van der Waals surface area contributed by atoms with Crippen molar-refractivity contribution < 1.29 is 19.0 Å². The maximum Gasteiger partial charge on any atom is 0.277 e. The standard InChI is InChI=1S/C17H16N2O4/c20-16(12-23-14-6-2-1-3-7-14)19-18-11-13-5-4-8-15-17(13)22-10-9-21-15/h1-8,11H,9-10,12H2,(H,19,20)/b18-11+. The van der Waals surface area contributed by atoms with Crippen LogP contribution in [0.15, 0.2) is 53.6 Å². The summed E-state index contributed by atoms with van der Waals surface area (Å²) in [6.07, 6.45) is 1.52. The van der Waals surface area contributed by atoms with E-state index in [2.05, 4.69) is 10.5 Å². The van der Waals surface area contributed by atoms with Crippen LogP contribution in [-0.4, -0.2) is 31.9 Å². The van der Waals surface area contributed by atoms with Gasteiger partial charge in [-0.1, -0.05) is 24.3 Å². The molecular formula is C17H16N2O4. The van der Waals surface area contributed by atoms with Gasteiger partial charge in [0.1, 0.15) is 19.0 Å². The van der Waals surface area contributed by atoms with Crippen molar-refractivity contribution in [2.24, 2.45) is 5.10 Å². The normalized spacial score (nSPS) is 12.9. The van der Waals surface area contributed by atoms with E-state index in [4.69, 9.17) is 14.2 Å². The molecule has 1 heterocycles. The first-order valence-electron chi connectivity index (χ1n) is 7.21. The van der Waals surface area contributed by atoms with Gasteiger partial charge in [-0.05, 0) is 24.3 Å². The molecule has 0 saturated heterocycles. The second kappa shape index (κ2) is 7.31. The SMILES string of the molecule is O=C(COc1ccccc1)N/N=C/c1cccc2c1OCCO2. The van der Waals surface area contributed by atoms with Gasteiger partial charge in [-0.3, -0.25) is 4.79 Å². The van der Waals surface area contributed by atoms with E-state index >= 15 is 0 Å². The maximum atomic E-state index is 11.7. The fourth-order valence-electron chi connectivity index (χ4n) is 2.07. The van der Waals surface area contributed by atoms with E-state index < -0.39 is 0 Å². The van der Waals surface area contributed by atoms with Gasteiger partial charge in [0.05, 0.1) is 6.21 Å². The molecule has 0 saturated carbocycles. The average molecular weight is 312 g/mol. The molecule has 3 rings (SSSR count). The second-order valence-corrected chi connectivity index (χ2v) is 4.77. The molecule has 1 amide bonds. The summed E-state index contributed by atoms with van der Waals surface area (Å²) in [4.78, 5) is 11.7. The van der Waals surface area contributed by atoms with E-state index in [0.717, 1.165) is 5.56 Å². The number of carbonyl (C=O) groups excluding carboxylic acids is 1. The summed E-state index contributed by atoms with van der Waals surface area (Å²) in [5.41, 5.74) is 3.16. The minimum Gasteiger partial charge on any atom is -0.486 e. The first-order chi connectivity index (χ1) is 11.3. The van der Waals surface area contributed by atoms with Crippen LogP contribution in [0.1, 0.15) is 5.56 Å². The highest BCUT2D eigenvalue weighted by atomic mass is 16.6. The second-order valence-electron chi connectivity index (χ2n) is 4.77. The predicted molar refractivity (Wildman–Crippen MR) is 85.1 cm³/mol. The van der Waals surface area contributed by atoms with E-state index in [1.54, 1.807) is 12.1 Å². The zero-order valence-electron chi connectivity index (χ0n) is 12.4. The Kier molecular flexibility index (Phi) is 4.73. The Balaban J connectivity index is 1.54. The van der Waals surface area contributed by atoms with Crippen LogP contribution in [0.5, 0.6) is 17.2 Å². The number of para-hydroxylation sites is 2. The minimum atomic E-state index is -0.341. The molecule has 0 bridgehead atoms. The summed E-state index contributed by atoms with van der Waals surface area (Å²) in [7, 11) is 0. The van der Waals surface area contributed by atoms with Crippen LogP contribution in [0.4, 0.5) is 0 Å². The lowest BCUT2D eigenvalue weighted by Crippen LogP contribution is -2.24.